The molecule has 0 amide bonds. The SMILES string of the molecule is Fc1ccc(Cn2c(-c3ccccc3Br)csc2=Nc2cccnc2)cc1. The standard InChI is InChI=1S/C21H15BrFN3S/c22-19-6-2-1-5-18(19)20-14-27-21(25-17-4-3-11-24-12-17)26(20)13-15-7-9-16(23)10-8-15/h1-12,14H,13H2. The molecule has 0 N–H and O–H groups in total. The van der Waals surface area contributed by atoms with Gasteiger partial charge >= 0.3 is 0 Å². The number of hydrogen-bond donors (Lipinski definition) is 0. The third-order valence-corrected chi connectivity index (χ3v) is 5.63. The van der Waals surface area contributed by atoms with Gasteiger partial charge < -0.3 is 4.57 Å². The van der Waals surface area contributed by atoms with Crippen molar-refractivity contribution in [3.05, 3.63) is 99.1 Å². The second kappa shape index (κ2) is 7.98. The summed E-state index contributed by atoms with van der Waals surface area (Å²) in [4.78, 5) is 9.76. The van der Waals surface area contributed by atoms with Gasteiger partial charge in [0.05, 0.1) is 24.1 Å². The van der Waals surface area contributed by atoms with Crippen LogP contribution in [0.4, 0.5) is 10.1 Å². The molecule has 0 radical (unpaired) electrons. The van der Waals surface area contributed by atoms with Crippen molar-refractivity contribution in [2.45, 2.75) is 6.54 Å². The summed E-state index contributed by atoms with van der Waals surface area (Å²) in [6.45, 7) is 0.597. The minimum atomic E-state index is -0.236. The lowest BCUT2D eigenvalue weighted by Gasteiger charge is -2.11. The lowest BCUT2D eigenvalue weighted by Crippen LogP contribution is -2.16. The first-order valence-corrected chi connectivity index (χ1v) is 10.0. The second-order valence-electron chi connectivity index (χ2n) is 5.92. The fraction of sp³-hybridized carbons (Fsp3) is 0.0476. The Labute approximate surface area is 168 Å². The number of nitrogens with zero attached hydrogens (tertiary/aromatic N) is 3. The predicted octanol–water partition coefficient (Wildman–Crippen LogP) is 5.79. The van der Waals surface area contributed by atoms with E-state index in [-0.39, 0.29) is 5.82 Å². The van der Waals surface area contributed by atoms with Crippen LogP contribution in [-0.2, 0) is 6.54 Å². The van der Waals surface area contributed by atoms with Gasteiger partial charge in [0, 0.05) is 21.6 Å². The smallest absolute Gasteiger partial charge is 0.190 e. The number of aromatic nitrogens is 2. The van der Waals surface area contributed by atoms with E-state index in [2.05, 4.69) is 36.9 Å². The molecule has 2 heterocycles. The van der Waals surface area contributed by atoms with Crippen molar-refractivity contribution in [3.8, 4) is 11.3 Å². The molecule has 0 aliphatic rings. The van der Waals surface area contributed by atoms with Crippen molar-refractivity contribution in [2.75, 3.05) is 0 Å². The van der Waals surface area contributed by atoms with Gasteiger partial charge in [0.15, 0.2) is 4.80 Å². The average Bonchev–Trinajstić information content (AvgIpc) is 3.07. The Morgan fingerprint density at radius 2 is 1.85 bits per heavy atom. The molecule has 0 saturated heterocycles. The molecule has 3 nitrogen and oxygen atoms in total. The van der Waals surface area contributed by atoms with Gasteiger partial charge in [0.2, 0.25) is 0 Å². The molecular formula is C21H15BrFN3S. The molecule has 4 aromatic rings. The maximum Gasteiger partial charge on any atom is 0.190 e. The monoisotopic (exact) mass is 439 g/mol. The summed E-state index contributed by atoms with van der Waals surface area (Å²) < 4.78 is 16.5. The third kappa shape index (κ3) is 4.07. The first-order chi connectivity index (χ1) is 13.2. The highest BCUT2D eigenvalue weighted by Gasteiger charge is 2.11. The Hall–Kier alpha value is -2.57. The van der Waals surface area contributed by atoms with Crippen LogP contribution in [0.2, 0.25) is 0 Å². The first-order valence-electron chi connectivity index (χ1n) is 8.33. The lowest BCUT2D eigenvalue weighted by atomic mass is 10.1. The normalized spacial score (nSPS) is 11.7. The quantitative estimate of drug-likeness (QED) is 0.395. The molecule has 6 heteroatoms. The zero-order valence-corrected chi connectivity index (χ0v) is 16.6. The zero-order chi connectivity index (χ0) is 18.6. The highest BCUT2D eigenvalue weighted by Crippen LogP contribution is 2.29. The van der Waals surface area contributed by atoms with E-state index in [0.29, 0.717) is 6.54 Å². The molecule has 0 fully saturated rings. The van der Waals surface area contributed by atoms with Crippen molar-refractivity contribution in [2.24, 2.45) is 4.99 Å². The van der Waals surface area contributed by atoms with Gasteiger partial charge in [-0.25, -0.2) is 9.38 Å². The maximum absolute atomic E-state index is 13.3. The highest BCUT2D eigenvalue weighted by molar-refractivity contribution is 9.10. The molecule has 0 spiro atoms. The van der Waals surface area contributed by atoms with Gasteiger partial charge in [-0.15, -0.1) is 11.3 Å². The average molecular weight is 440 g/mol. The molecule has 0 aliphatic carbocycles. The summed E-state index contributed by atoms with van der Waals surface area (Å²) in [6, 6.07) is 18.5. The third-order valence-electron chi connectivity index (χ3n) is 4.07. The van der Waals surface area contributed by atoms with Gasteiger partial charge in [0.25, 0.3) is 0 Å². The van der Waals surface area contributed by atoms with Crippen LogP contribution in [0.1, 0.15) is 5.56 Å². The second-order valence-corrected chi connectivity index (χ2v) is 7.61. The molecule has 134 valence electrons. The van der Waals surface area contributed by atoms with Crippen molar-refractivity contribution in [1.29, 1.82) is 0 Å². The Kier molecular flexibility index (Phi) is 5.27. The van der Waals surface area contributed by atoms with Crippen LogP contribution < -0.4 is 4.80 Å². The van der Waals surface area contributed by atoms with Gasteiger partial charge in [-0.1, -0.05) is 46.3 Å². The molecule has 0 unspecified atom stereocenters. The van der Waals surface area contributed by atoms with Crippen molar-refractivity contribution >= 4 is 33.0 Å². The summed E-state index contributed by atoms with van der Waals surface area (Å²) in [5, 5.41) is 2.10. The topological polar surface area (TPSA) is 30.2 Å². The Bertz CT molecular complexity index is 1120. The fourth-order valence-electron chi connectivity index (χ4n) is 2.76. The fourth-order valence-corrected chi connectivity index (χ4v) is 4.17. The summed E-state index contributed by atoms with van der Waals surface area (Å²) >= 11 is 5.21. The van der Waals surface area contributed by atoms with E-state index in [9.17, 15) is 4.39 Å². The minimum absolute atomic E-state index is 0.236. The lowest BCUT2D eigenvalue weighted by molar-refractivity contribution is 0.626. The number of benzene rings is 2. The summed E-state index contributed by atoms with van der Waals surface area (Å²) in [5.74, 6) is -0.236. The maximum atomic E-state index is 13.3. The highest BCUT2D eigenvalue weighted by atomic mass is 79.9. The van der Waals surface area contributed by atoms with Gasteiger partial charge in [0.1, 0.15) is 5.82 Å². The van der Waals surface area contributed by atoms with E-state index in [1.807, 2.05) is 30.3 Å². The molecule has 0 saturated carbocycles. The summed E-state index contributed by atoms with van der Waals surface area (Å²) in [7, 11) is 0. The van der Waals surface area contributed by atoms with Gasteiger partial charge in [-0.05, 0) is 35.9 Å². The number of thiazole rings is 1. The minimum Gasteiger partial charge on any atom is -0.312 e. The van der Waals surface area contributed by atoms with Gasteiger partial charge in [-0.3, -0.25) is 4.98 Å². The molecule has 0 atom stereocenters. The van der Waals surface area contributed by atoms with E-state index >= 15 is 0 Å². The summed E-state index contributed by atoms with van der Waals surface area (Å²) in [5.41, 5.74) is 3.95. The van der Waals surface area contributed by atoms with Crippen molar-refractivity contribution < 1.29 is 4.39 Å². The molecule has 2 aromatic carbocycles. The number of halogens is 2. The number of hydrogen-bond acceptors (Lipinski definition) is 3. The van der Waals surface area contributed by atoms with Crippen LogP contribution in [0.15, 0.2) is 87.9 Å². The van der Waals surface area contributed by atoms with Crippen LogP contribution in [0.5, 0.6) is 0 Å². The van der Waals surface area contributed by atoms with Gasteiger partial charge in [-0.2, -0.15) is 0 Å². The largest absolute Gasteiger partial charge is 0.312 e. The van der Waals surface area contributed by atoms with Crippen LogP contribution in [0, 0.1) is 5.82 Å². The van der Waals surface area contributed by atoms with E-state index in [4.69, 9.17) is 4.99 Å². The first kappa shape index (κ1) is 17.8. The molecule has 2 aromatic heterocycles. The number of pyridine rings is 1. The molecule has 27 heavy (non-hydrogen) atoms. The van der Waals surface area contributed by atoms with E-state index in [0.717, 1.165) is 31.8 Å². The Balaban J connectivity index is 1.86. The Morgan fingerprint density at radius 3 is 2.59 bits per heavy atom. The van der Waals surface area contributed by atoms with Crippen molar-refractivity contribution in [1.82, 2.24) is 9.55 Å². The Morgan fingerprint density at radius 1 is 1.04 bits per heavy atom. The van der Waals surface area contributed by atoms with Crippen LogP contribution in [0.25, 0.3) is 11.3 Å². The molecule has 0 bridgehead atoms. The van der Waals surface area contributed by atoms with Crippen LogP contribution in [0.3, 0.4) is 0 Å². The molecular weight excluding hydrogens is 425 g/mol. The zero-order valence-electron chi connectivity index (χ0n) is 14.2. The van der Waals surface area contributed by atoms with E-state index < -0.39 is 0 Å². The van der Waals surface area contributed by atoms with E-state index in [1.54, 1.807) is 35.9 Å². The van der Waals surface area contributed by atoms with E-state index in [1.165, 1.54) is 12.1 Å². The van der Waals surface area contributed by atoms with Crippen LogP contribution >= 0.6 is 27.3 Å². The molecule has 4 rings (SSSR count). The molecule has 0 aliphatic heterocycles. The number of rotatable bonds is 4. The van der Waals surface area contributed by atoms with Crippen molar-refractivity contribution in [3.63, 3.8) is 0 Å². The predicted molar refractivity (Wildman–Crippen MR) is 110 cm³/mol. The summed E-state index contributed by atoms with van der Waals surface area (Å²) in [6.07, 6.45) is 3.46. The van der Waals surface area contributed by atoms with Crippen LogP contribution in [-0.4, -0.2) is 9.55 Å².